The summed E-state index contributed by atoms with van der Waals surface area (Å²) in [5, 5.41) is 7.22. The quantitative estimate of drug-likeness (QED) is 0.166. The van der Waals surface area contributed by atoms with Crippen LogP contribution in [0.25, 0.3) is 0 Å². The molecule has 0 saturated carbocycles. The summed E-state index contributed by atoms with van der Waals surface area (Å²) in [5.41, 5.74) is 0.0641. The minimum atomic E-state index is -4.66. The number of ether oxygens (including phenoxy) is 1. The molecule has 0 aromatic carbocycles. The first-order valence-electron chi connectivity index (χ1n) is 5.10. The van der Waals surface area contributed by atoms with Crippen LogP contribution >= 0.6 is 0 Å². The molecule has 19 heavy (non-hydrogen) atoms. The Bertz CT molecular complexity index is 502. The molecule has 0 saturated heterocycles. The van der Waals surface area contributed by atoms with Gasteiger partial charge in [0.2, 0.25) is 10.4 Å². The topological polar surface area (TPSA) is 123 Å². The molecule has 0 radical (unpaired) electrons. The second kappa shape index (κ2) is 8.61. The molecule has 0 aliphatic heterocycles. The van der Waals surface area contributed by atoms with E-state index in [1.54, 1.807) is 6.92 Å². The standard InChI is InChI=1S/C8H13N3O6S.Na/c1-2-16-8(12)7-6-11(10-9-7)4-3-5-17-18(13,14)15;/h6H,2-5H2,1H3,(H,13,14,15);/q;+1/p-1. The summed E-state index contributed by atoms with van der Waals surface area (Å²) in [6.45, 7) is 1.92. The molecule has 9 nitrogen and oxygen atoms in total. The monoisotopic (exact) mass is 301 g/mol. The van der Waals surface area contributed by atoms with Crippen LogP contribution < -0.4 is 29.6 Å². The minimum Gasteiger partial charge on any atom is -0.726 e. The Kier molecular flexibility index (Phi) is 8.38. The number of carbonyl (C=O) groups excluding carboxylic acids is 1. The summed E-state index contributed by atoms with van der Waals surface area (Å²) in [6.07, 6.45) is 1.61. The van der Waals surface area contributed by atoms with Gasteiger partial charge in [-0.25, -0.2) is 13.2 Å². The summed E-state index contributed by atoms with van der Waals surface area (Å²) in [4.78, 5) is 11.2. The van der Waals surface area contributed by atoms with E-state index in [2.05, 4.69) is 14.5 Å². The van der Waals surface area contributed by atoms with E-state index >= 15 is 0 Å². The number of nitrogens with zero attached hydrogens (tertiary/aromatic N) is 3. The van der Waals surface area contributed by atoms with Crippen molar-refractivity contribution in [2.24, 2.45) is 0 Å². The zero-order valence-electron chi connectivity index (χ0n) is 10.6. The van der Waals surface area contributed by atoms with Gasteiger partial charge in [0.05, 0.1) is 19.4 Å². The average Bonchev–Trinajstić information content (AvgIpc) is 2.72. The van der Waals surface area contributed by atoms with E-state index in [9.17, 15) is 17.8 Å². The van der Waals surface area contributed by atoms with Gasteiger partial charge in [-0.1, -0.05) is 5.21 Å². The maximum atomic E-state index is 11.2. The zero-order valence-corrected chi connectivity index (χ0v) is 13.4. The second-order valence-corrected chi connectivity index (χ2v) is 4.22. The predicted molar refractivity (Wildman–Crippen MR) is 56.2 cm³/mol. The van der Waals surface area contributed by atoms with Gasteiger partial charge in [0.15, 0.2) is 5.69 Å². The molecule has 1 aromatic rings. The fourth-order valence-corrected chi connectivity index (χ4v) is 1.42. The molecule has 0 fully saturated rings. The molecule has 0 aliphatic carbocycles. The van der Waals surface area contributed by atoms with Crippen LogP contribution in [-0.4, -0.2) is 47.1 Å². The summed E-state index contributed by atoms with van der Waals surface area (Å²) in [6, 6.07) is 0. The van der Waals surface area contributed by atoms with Gasteiger partial charge >= 0.3 is 35.5 Å². The zero-order chi connectivity index (χ0) is 13.6. The summed E-state index contributed by atoms with van der Waals surface area (Å²) in [7, 11) is -4.66. The first-order chi connectivity index (χ1) is 8.42. The Morgan fingerprint density at radius 3 is 2.79 bits per heavy atom. The number of esters is 1. The third kappa shape index (κ3) is 7.60. The maximum Gasteiger partial charge on any atom is 1.00 e. The fourth-order valence-electron chi connectivity index (χ4n) is 1.09. The summed E-state index contributed by atoms with van der Waals surface area (Å²) < 4.78 is 40.4. The van der Waals surface area contributed by atoms with E-state index in [0.29, 0.717) is 0 Å². The fraction of sp³-hybridized carbons (Fsp3) is 0.625. The molecular formula is C8H12N3NaO6S. The largest absolute Gasteiger partial charge is 1.00 e. The Labute approximate surface area is 132 Å². The Morgan fingerprint density at radius 2 is 2.21 bits per heavy atom. The molecule has 102 valence electrons. The molecule has 0 aliphatic rings. The van der Waals surface area contributed by atoms with Gasteiger partial charge in [-0.2, -0.15) is 0 Å². The Hall–Kier alpha value is -0.520. The van der Waals surface area contributed by atoms with Crippen molar-refractivity contribution >= 4 is 16.4 Å². The van der Waals surface area contributed by atoms with Crippen molar-refractivity contribution in [3.05, 3.63) is 11.9 Å². The van der Waals surface area contributed by atoms with Gasteiger partial charge in [0, 0.05) is 6.54 Å². The van der Waals surface area contributed by atoms with Crippen LogP contribution in [0.15, 0.2) is 6.20 Å². The first kappa shape index (κ1) is 18.5. The van der Waals surface area contributed by atoms with Crippen molar-refractivity contribution in [1.29, 1.82) is 0 Å². The summed E-state index contributed by atoms with van der Waals surface area (Å²) in [5.74, 6) is -0.581. The van der Waals surface area contributed by atoms with E-state index in [1.165, 1.54) is 10.9 Å². The van der Waals surface area contributed by atoms with Crippen LogP contribution in [0.5, 0.6) is 0 Å². The number of aryl methyl sites for hydroxylation is 1. The molecular weight excluding hydrogens is 289 g/mol. The van der Waals surface area contributed by atoms with E-state index < -0.39 is 16.4 Å². The number of aromatic nitrogens is 3. The number of rotatable bonds is 7. The number of hydrogen-bond acceptors (Lipinski definition) is 8. The van der Waals surface area contributed by atoms with E-state index in [4.69, 9.17) is 4.74 Å². The van der Waals surface area contributed by atoms with Crippen LogP contribution in [-0.2, 0) is 25.9 Å². The third-order valence-corrected chi connectivity index (χ3v) is 2.24. The van der Waals surface area contributed by atoms with Crippen LogP contribution in [0.3, 0.4) is 0 Å². The van der Waals surface area contributed by atoms with Crippen molar-refractivity contribution < 1.29 is 56.2 Å². The van der Waals surface area contributed by atoms with Crippen molar-refractivity contribution in [2.75, 3.05) is 13.2 Å². The minimum absolute atomic E-state index is 0. The van der Waals surface area contributed by atoms with E-state index in [1.807, 2.05) is 0 Å². The number of carbonyl (C=O) groups is 1. The molecule has 1 rings (SSSR count). The third-order valence-electron chi connectivity index (χ3n) is 1.78. The molecule has 0 unspecified atom stereocenters. The smallest absolute Gasteiger partial charge is 0.726 e. The van der Waals surface area contributed by atoms with Crippen molar-refractivity contribution in [3.63, 3.8) is 0 Å². The van der Waals surface area contributed by atoms with E-state index in [-0.39, 0.29) is 61.4 Å². The molecule has 0 amide bonds. The average molecular weight is 301 g/mol. The van der Waals surface area contributed by atoms with Crippen molar-refractivity contribution in [2.45, 2.75) is 19.9 Å². The molecule has 0 spiro atoms. The second-order valence-electron chi connectivity index (χ2n) is 3.17. The molecule has 11 heteroatoms. The summed E-state index contributed by atoms with van der Waals surface area (Å²) >= 11 is 0. The van der Waals surface area contributed by atoms with E-state index in [0.717, 1.165) is 0 Å². The Balaban J connectivity index is 0.00000324. The molecule has 0 bridgehead atoms. The van der Waals surface area contributed by atoms with Gasteiger partial charge in [0.25, 0.3) is 0 Å². The molecule has 0 N–H and O–H groups in total. The van der Waals surface area contributed by atoms with Gasteiger partial charge in [-0.15, -0.1) is 5.10 Å². The normalized spacial score (nSPS) is 10.8. The van der Waals surface area contributed by atoms with Gasteiger partial charge in [0.1, 0.15) is 0 Å². The SMILES string of the molecule is CCOC(=O)c1cn(CCCOS(=O)(=O)[O-])nn1.[Na+]. The van der Waals surface area contributed by atoms with Crippen molar-refractivity contribution in [3.8, 4) is 0 Å². The number of hydrogen-bond donors (Lipinski definition) is 0. The first-order valence-corrected chi connectivity index (χ1v) is 6.43. The molecule has 0 atom stereocenters. The van der Waals surface area contributed by atoms with Crippen molar-refractivity contribution in [1.82, 2.24) is 15.0 Å². The van der Waals surface area contributed by atoms with Crippen LogP contribution in [0.1, 0.15) is 23.8 Å². The molecule has 1 heterocycles. The molecule has 1 aromatic heterocycles. The van der Waals surface area contributed by atoms with Gasteiger partial charge in [-0.05, 0) is 13.3 Å². The van der Waals surface area contributed by atoms with Crippen LogP contribution in [0.4, 0.5) is 0 Å². The van der Waals surface area contributed by atoms with Gasteiger partial charge < -0.3 is 9.29 Å². The maximum absolute atomic E-state index is 11.2. The van der Waals surface area contributed by atoms with Gasteiger partial charge in [-0.3, -0.25) is 8.86 Å². The Morgan fingerprint density at radius 1 is 1.53 bits per heavy atom. The van der Waals surface area contributed by atoms with Crippen LogP contribution in [0, 0.1) is 0 Å². The van der Waals surface area contributed by atoms with Crippen LogP contribution in [0.2, 0.25) is 0 Å². The predicted octanol–water partition coefficient (Wildman–Crippen LogP) is -3.67.